The minimum Gasteiger partial charge on any atom is -0.384 e. The van der Waals surface area contributed by atoms with Gasteiger partial charge in [0.2, 0.25) is 0 Å². The fourth-order valence-electron chi connectivity index (χ4n) is 2.59. The second-order valence-corrected chi connectivity index (χ2v) is 4.56. The topological polar surface area (TPSA) is 12.0 Å². The molecule has 68 valence electrons. The van der Waals surface area contributed by atoms with E-state index in [0.29, 0.717) is 5.41 Å². The van der Waals surface area contributed by atoms with Crippen LogP contribution in [0, 0.1) is 0 Å². The number of hydrogen-bond donors (Lipinski definition) is 1. The van der Waals surface area contributed by atoms with Crippen molar-refractivity contribution in [1.82, 2.24) is 0 Å². The van der Waals surface area contributed by atoms with Gasteiger partial charge in [0.1, 0.15) is 0 Å². The van der Waals surface area contributed by atoms with Crippen LogP contribution in [0.5, 0.6) is 0 Å². The van der Waals surface area contributed by atoms with Crippen molar-refractivity contribution >= 4 is 17.3 Å². The number of halogens is 1. The van der Waals surface area contributed by atoms with E-state index < -0.39 is 0 Å². The number of benzene rings is 1. The first kappa shape index (κ1) is 7.69. The van der Waals surface area contributed by atoms with Gasteiger partial charge in [0.15, 0.2) is 0 Å². The number of fused-ring (bicyclic) bond motifs is 2. The van der Waals surface area contributed by atoms with Crippen molar-refractivity contribution in [1.29, 1.82) is 0 Å². The minimum atomic E-state index is 0.397. The molecule has 1 aromatic carbocycles. The Labute approximate surface area is 83.1 Å². The van der Waals surface area contributed by atoms with E-state index in [2.05, 4.69) is 11.4 Å². The van der Waals surface area contributed by atoms with Gasteiger partial charge in [-0.3, -0.25) is 0 Å². The molecule has 3 rings (SSSR count). The molecule has 1 nitrogen and oxygen atoms in total. The summed E-state index contributed by atoms with van der Waals surface area (Å²) in [5.41, 5.74) is 3.03. The minimum absolute atomic E-state index is 0.397. The Hall–Kier alpha value is -0.690. The van der Waals surface area contributed by atoms with Gasteiger partial charge in [0, 0.05) is 28.2 Å². The average Bonchev–Trinajstić information content (AvgIpc) is 2.44. The maximum atomic E-state index is 6.23. The molecule has 0 bridgehead atoms. The summed E-state index contributed by atoms with van der Waals surface area (Å²) >= 11 is 6.23. The van der Waals surface area contributed by atoms with Crippen LogP contribution in [0.4, 0.5) is 5.69 Å². The molecule has 2 heteroatoms. The summed E-state index contributed by atoms with van der Waals surface area (Å²) < 4.78 is 0. The molecule has 1 aliphatic carbocycles. The molecule has 0 amide bonds. The van der Waals surface area contributed by atoms with Gasteiger partial charge < -0.3 is 5.32 Å². The van der Waals surface area contributed by atoms with E-state index in [4.69, 9.17) is 11.6 Å². The molecule has 1 heterocycles. The van der Waals surface area contributed by atoms with E-state index in [1.165, 1.54) is 30.5 Å². The highest BCUT2D eigenvalue weighted by Gasteiger charge is 2.44. The smallest absolute Gasteiger partial charge is 0.0464 e. The Morgan fingerprint density at radius 2 is 2.15 bits per heavy atom. The maximum Gasteiger partial charge on any atom is 0.0464 e. The van der Waals surface area contributed by atoms with Crippen molar-refractivity contribution in [2.45, 2.75) is 24.7 Å². The van der Waals surface area contributed by atoms with E-state index in [1.807, 2.05) is 12.1 Å². The third kappa shape index (κ3) is 0.884. The molecule has 0 unspecified atom stereocenters. The number of anilines is 1. The van der Waals surface area contributed by atoms with Crippen LogP contribution in [0.2, 0.25) is 5.02 Å². The van der Waals surface area contributed by atoms with Crippen LogP contribution in [0.3, 0.4) is 0 Å². The number of hydrogen-bond acceptors (Lipinski definition) is 1. The van der Waals surface area contributed by atoms with E-state index in [1.54, 1.807) is 0 Å². The van der Waals surface area contributed by atoms with E-state index in [0.717, 1.165) is 11.6 Å². The summed E-state index contributed by atoms with van der Waals surface area (Å²) in [6, 6.07) is 6.16. The van der Waals surface area contributed by atoms with Gasteiger partial charge in [-0.25, -0.2) is 0 Å². The fraction of sp³-hybridized carbons (Fsp3) is 0.455. The molecule has 0 atom stereocenters. The zero-order valence-electron chi connectivity index (χ0n) is 7.44. The highest BCUT2D eigenvalue weighted by Crippen LogP contribution is 2.52. The van der Waals surface area contributed by atoms with Crippen molar-refractivity contribution < 1.29 is 0 Å². The van der Waals surface area contributed by atoms with Gasteiger partial charge in [0.05, 0.1) is 0 Å². The average molecular weight is 194 g/mol. The van der Waals surface area contributed by atoms with Crippen LogP contribution >= 0.6 is 11.6 Å². The van der Waals surface area contributed by atoms with Gasteiger partial charge in [-0.05, 0) is 25.0 Å². The van der Waals surface area contributed by atoms with Crippen LogP contribution in [0.25, 0.3) is 0 Å². The van der Waals surface area contributed by atoms with Gasteiger partial charge in [-0.1, -0.05) is 24.1 Å². The lowest BCUT2D eigenvalue weighted by molar-refractivity contribution is 0.272. The Bertz CT molecular complexity index is 355. The zero-order chi connectivity index (χ0) is 8.89. The molecule has 0 aromatic heterocycles. The maximum absolute atomic E-state index is 6.23. The van der Waals surface area contributed by atoms with Crippen molar-refractivity contribution in [2.75, 3.05) is 11.9 Å². The number of nitrogens with one attached hydrogen (secondary N) is 1. The quantitative estimate of drug-likeness (QED) is 0.668. The Morgan fingerprint density at radius 1 is 1.31 bits per heavy atom. The van der Waals surface area contributed by atoms with Gasteiger partial charge in [0.25, 0.3) is 0 Å². The standard InChI is InChI=1S/C11H12ClN/c12-8-3-1-4-9-10(8)11(7-13-9)5-2-6-11/h1,3-4,13H,2,5-7H2. The summed E-state index contributed by atoms with van der Waals surface area (Å²) in [7, 11) is 0. The van der Waals surface area contributed by atoms with E-state index in [9.17, 15) is 0 Å². The third-order valence-corrected chi connectivity index (χ3v) is 3.79. The molecule has 0 saturated heterocycles. The second-order valence-electron chi connectivity index (χ2n) is 4.15. The van der Waals surface area contributed by atoms with Crippen molar-refractivity contribution in [3.8, 4) is 0 Å². The van der Waals surface area contributed by atoms with Gasteiger partial charge in [-0.2, -0.15) is 0 Å². The lowest BCUT2D eigenvalue weighted by Crippen LogP contribution is -2.36. The van der Waals surface area contributed by atoms with Crippen molar-refractivity contribution in [3.63, 3.8) is 0 Å². The summed E-state index contributed by atoms with van der Waals surface area (Å²) in [6.45, 7) is 1.09. The first-order chi connectivity index (χ1) is 6.32. The molecule has 1 saturated carbocycles. The largest absolute Gasteiger partial charge is 0.384 e. The molecule has 2 aliphatic rings. The van der Waals surface area contributed by atoms with Crippen molar-refractivity contribution in [2.24, 2.45) is 0 Å². The number of rotatable bonds is 0. The highest BCUT2D eigenvalue weighted by atomic mass is 35.5. The zero-order valence-corrected chi connectivity index (χ0v) is 8.19. The molecule has 13 heavy (non-hydrogen) atoms. The van der Waals surface area contributed by atoms with Gasteiger partial charge >= 0.3 is 0 Å². The lowest BCUT2D eigenvalue weighted by atomic mass is 9.66. The molecule has 1 aliphatic heterocycles. The monoisotopic (exact) mass is 193 g/mol. The third-order valence-electron chi connectivity index (χ3n) is 3.47. The molecule has 1 spiro atoms. The lowest BCUT2D eigenvalue weighted by Gasteiger charge is -2.38. The van der Waals surface area contributed by atoms with Crippen molar-refractivity contribution in [3.05, 3.63) is 28.8 Å². The van der Waals surface area contributed by atoms with Crippen LogP contribution in [0.1, 0.15) is 24.8 Å². The Morgan fingerprint density at radius 3 is 2.85 bits per heavy atom. The van der Waals surface area contributed by atoms with Crippen LogP contribution < -0.4 is 5.32 Å². The summed E-state index contributed by atoms with van der Waals surface area (Å²) in [4.78, 5) is 0. The molecule has 1 aromatic rings. The molecular formula is C11H12ClN. The first-order valence-corrected chi connectivity index (χ1v) is 5.23. The fourth-order valence-corrected chi connectivity index (χ4v) is 2.97. The summed E-state index contributed by atoms with van der Waals surface area (Å²) in [6.07, 6.45) is 3.96. The van der Waals surface area contributed by atoms with Gasteiger partial charge in [-0.15, -0.1) is 0 Å². The molecule has 1 fully saturated rings. The summed E-state index contributed by atoms with van der Waals surface area (Å²) in [5, 5.41) is 4.40. The van der Waals surface area contributed by atoms with E-state index in [-0.39, 0.29) is 0 Å². The first-order valence-electron chi connectivity index (χ1n) is 4.85. The Balaban J connectivity index is 2.19. The molecular weight excluding hydrogens is 182 g/mol. The second kappa shape index (κ2) is 2.42. The molecule has 0 radical (unpaired) electrons. The van der Waals surface area contributed by atoms with E-state index >= 15 is 0 Å². The normalized spacial score (nSPS) is 22.2. The predicted octanol–water partition coefficient (Wildman–Crippen LogP) is 3.19. The predicted molar refractivity (Wildman–Crippen MR) is 55.5 cm³/mol. The van der Waals surface area contributed by atoms with Crippen LogP contribution in [-0.4, -0.2) is 6.54 Å². The SMILES string of the molecule is Clc1cccc2c1C1(CCC1)CN2. The van der Waals surface area contributed by atoms with Crippen LogP contribution in [0.15, 0.2) is 18.2 Å². The van der Waals surface area contributed by atoms with Crippen LogP contribution in [-0.2, 0) is 5.41 Å². The highest BCUT2D eigenvalue weighted by molar-refractivity contribution is 6.32. The molecule has 1 N–H and O–H groups in total. The Kier molecular flexibility index (Phi) is 1.43. The summed E-state index contributed by atoms with van der Waals surface area (Å²) in [5.74, 6) is 0.